The predicted molar refractivity (Wildman–Crippen MR) is 76.1 cm³/mol. The van der Waals surface area contributed by atoms with E-state index in [1.165, 1.54) is 10.9 Å². The lowest BCUT2D eigenvalue weighted by Crippen LogP contribution is -2.35. The number of hydrogen-bond acceptors (Lipinski definition) is 5. The Morgan fingerprint density at radius 2 is 2.00 bits per heavy atom. The topological polar surface area (TPSA) is 102 Å². The number of carbonyl (C=O) groups is 2. The Balaban J connectivity index is 2.01. The van der Waals surface area contributed by atoms with E-state index in [4.69, 9.17) is 0 Å². The molecule has 0 aliphatic heterocycles. The molecule has 21 heavy (non-hydrogen) atoms. The van der Waals surface area contributed by atoms with E-state index in [2.05, 4.69) is 32.6 Å². The summed E-state index contributed by atoms with van der Waals surface area (Å²) in [7, 11) is 1.67. The van der Waals surface area contributed by atoms with Crippen LogP contribution in [-0.4, -0.2) is 38.6 Å². The first-order chi connectivity index (χ1) is 10.1. The van der Waals surface area contributed by atoms with Gasteiger partial charge in [-0.1, -0.05) is 6.08 Å². The maximum atomic E-state index is 11.6. The molecule has 8 nitrogen and oxygen atoms in total. The summed E-state index contributed by atoms with van der Waals surface area (Å²) >= 11 is 0. The van der Waals surface area contributed by atoms with Gasteiger partial charge in [0.1, 0.15) is 0 Å². The SMILES string of the molecule is C=CCNC(=O)C(=O)Nc1ccc(-c2nnn(C)n2)cc1. The van der Waals surface area contributed by atoms with Crippen molar-refractivity contribution in [2.24, 2.45) is 7.05 Å². The van der Waals surface area contributed by atoms with Gasteiger partial charge < -0.3 is 10.6 Å². The molecule has 2 aromatic rings. The van der Waals surface area contributed by atoms with Crippen LogP contribution in [-0.2, 0) is 16.6 Å². The van der Waals surface area contributed by atoms with E-state index >= 15 is 0 Å². The molecule has 2 amide bonds. The van der Waals surface area contributed by atoms with Gasteiger partial charge in [0.2, 0.25) is 5.82 Å². The molecular formula is C13H14N6O2. The van der Waals surface area contributed by atoms with Crippen molar-refractivity contribution in [3.05, 3.63) is 36.9 Å². The lowest BCUT2D eigenvalue weighted by atomic mass is 10.2. The predicted octanol–water partition coefficient (Wildman–Crippen LogP) is 0.118. The van der Waals surface area contributed by atoms with Gasteiger partial charge in [-0.15, -0.1) is 16.8 Å². The number of anilines is 1. The van der Waals surface area contributed by atoms with Crippen LogP contribution in [0.25, 0.3) is 11.4 Å². The Morgan fingerprint density at radius 1 is 1.29 bits per heavy atom. The summed E-state index contributed by atoms with van der Waals surface area (Å²) in [5, 5.41) is 16.6. The minimum absolute atomic E-state index is 0.240. The van der Waals surface area contributed by atoms with Crippen LogP contribution in [0.15, 0.2) is 36.9 Å². The van der Waals surface area contributed by atoms with Crippen LogP contribution in [0.5, 0.6) is 0 Å². The zero-order valence-electron chi connectivity index (χ0n) is 11.4. The second-order valence-corrected chi connectivity index (χ2v) is 4.13. The number of tetrazole rings is 1. The van der Waals surface area contributed by atoms with Gasteiger partial charge in [0.05, 0.1) is 7.05 Å². The quantitative estimate of drug-likeness (QED) is 0.614. The minimum atomic E-state index is -0.734. The maximum absolute atomic E-state index is 11.6. The van der Waals surface area contributed by atoms with Crippen molar-refractivity contribution in [1.29, 1.82) is 0 Å². The Bertz CT molecular complexity index is 662. The first-order valence-electron chi connectivity index (χ1n) is 6.14. The highest BCUT2D eigenvalue weighted by atomic mass is 16.2. The van der Waals surface area contributed by atoms with Gasteiger partial charge in [-0.3, -0.25) is 9.59 Å². The van der Waals surface area contributed by atoms with Crippen LogP contribution < -0.4 is 10.6 Å². The van der Waals surface area contributed by atoms with Crippen LogP contribution in [0.3, 0.4) is 0 Å². The molecule has 0 fully saturated rings. The highest BCUT2D eigenvalue weighted by molar-refractivity contribution is 6.39. The van der Waals surface area contributed by atoms with Crippen molar-refractivity contribution in [3.63, 3.8) is 0 Å². The van der Waals surface area contributed by atoms with Crippen LogP contribution in [0.4, 0.5) is 5.69 Å². The summed E-state index contributed by atoms with van der Waals surface area (Å²) in [6, 6.07) is 6.78. The molecule has 2 N–H and O–H groups in total. The second-order valence-electron chi connectivity index (χ2n) is 4.13. The molecule has 108 valence electrons. The highest BCUT2D eigenvalue weighted by Crippen LogP contribution is 2.16. The van der Waals surface area contributed by atoms with Gasteiger partial charge in [-0.05, 0) is 29.5 Å². The Labute approximate surface area is 120 Å². The highest BCUT2D eigenvalue weighted by Gasteiger charge is 2.12. The molecule has 0 unspecified atom stereocenters. The molecule has 0 aliphatic carbocycles. The van der Waals surface area contributed by atoms with Crippen molar-refractivity contribution in [2.45, 2.75) is 0 Å². The molecule has 1 aromatic carbocycles. The fourth-order valence-corrected chi connectivity index (χ4v) is 1.54. The number of rotatable bonds is 4. The average molecular weight is 286 g/mol. The molecule has 0 radical (unpaired) electrons. The molecule has 1 aromatic heterocycles. The van der Waals surface area contributed by atoms with Crippen molar-refractivity contribution >= 4 is 17.5 Å². The first kappa shape index (κ1) is 14.4. The molecule has 0 saturated heterocycles. The van der Waals surface area contributed by atoms with E-state index in [-0.39, 0.29) is 6.54 Å². The third-order valence-corrected chi connectivity index (χ3v) is 2.52. The number of benzene rings is 1. The van der Waals surface area contributed by atoms with Crippen molar-refractivity contribution in [2.75, 3.05) is 11.9 Å². The molecule has 0 atom stereocenters. The van der Waals surface area contributed by atoms with Gasteiger partial charge in [-0.2, -0.15) is 4.80 Å². The van der Waals surface area contributed by atoms with Gasteiger partial charge in [0, 0.05) is 17.8 Å². The summed E-state index contributed by atoms with van der Waals surface area (Å²) in [6.45, 7) is 3.69. The number of hydrogen-bond donors (Lipinski definition) is 2. The van der Waals surface area contributed by atoms with E-state index < -0.39 is 11.8 Å². The smallest absolute Gasteiger partial charge is 0.313 e. The molecule has 1 heterocycles. The zero-order chi connectivity index (χ0) is 15.2. The number of nitrogens with one attached hydrogen (secondary N) is 2. The van der Waals surface area contributed by atoms with Gasteiger partial charge in [-0.25, -0.2) is 0 Å². The summed E-state index contributed by atoms with van der Waals surface area (Å²) in [6.07, 6.45) is 1.49. The second kappa shape index (κ2) is 6.42. The van der Waals surface area contributed by atoms with Gasteiger partial charge >= 0.3 is 11.8 Å². The largest absolute Gasteiger partial charge is 0.344 e. The average Bonchev–Trinajstić information content (AvgIpc) is 2.92. The van der Waals surface area contributed by atoms with Crippen molar-refractivity contribution in [1.82, 2.24) is 25.5 Å². The van der Waals surface area contributed by atoms with E-state index in [1.807, 2.05) is 0 Å². The van der Waals surface area contributed by atoms with Crippen LogP contribution in [0.1, 0.15) is 0 Å². The molecule has 2 rings (SSSR count). The van der Waals surface area contributed by atoms with Gasteiger partial charge in [0.25, 0.3) is 0 Å². The standard InChI is InChI=1S/C13H14N6O2/c1-3-8-14-12(20)13(21)15-10-6-4-9(5-7-10)11-16-18-19(2)17-11/h3-7H,1,8H2,2H3,(H,14,20)(H,15,21). The third kappa shape index (κ3) is 3.72. The Kier molecular flexibility index (Phi) is 4.39. The minimum Gasteiger partial charge on any atom is -0.344 e. The molecule has 0 bridgehead atoms. The van der Waals surface area contributed by atoms with Crippen molar-refractivity contribution < 1.29 is 9.59 Å². The number of aromatic nitrogens is 4. The van der Waals surface area contributed by atoms with Crippen molar-refractivity contribution in [3.8, 4) is 11.4 Å². The Morgan fingerprint density at radius 3 is 2.57 bits per heavy atom. The fourth-order valence-electron chi connectivity index (χ4n) is 1.54. The van der Waals surface area contributed by atoms with E-state index in [1.54, 1.807) is 31.3 Å². The molecule has 0 saturated carbocycles. The number of carbonyl (C=O) groups excluding carboxylic acids is 2. The van der Waals surface area contributed by atoms with Crippen LogP contribution in [0.2, 0.25) is 0 Å². The molecule has 0 spiro atoms. The maximum Gasteiger partial charge on any atom is 0.313 e. The Hall–Kier alpha value is -3.03. The van der Waals surface area contributed by atoms with Gasteiger partial charge in [0.15, 0.2) is 0 Å². The summed E-state index contributed by atoms with van der Waals surface area (Å²) in [5.41, 5.74) is 1.26. The molecule has 0 aliphatic rings. The monoisotopic (exact) mass is 286 g/mol. The molecule has 8 heteroatoms. The summed E-state index contributed by atoms with van der Waals surface area (Å²) < 4.78 is 0. The number of amides is 2. The van der Waals surface area contributed by atoms with E-state index in [0.29, 0.717) is 11.5 Å². The fraction of sp³-hybridized carbons (Fsp3) is 0.154. The summed E-state index contributed by atoms with van der Waals surface area (Å²) in [5.74, 6) is -0.962. The summed E-state index contributed by atoms with van der Waals surface area (Å²) in [4.78, 5) is 24.3. The lowest BCUT2D eigenvalue weighted by Gasteiger charge is -2.05. The zero-order valence-corrected chi connectivity index (χ0v) is 11.4. The lowest BCUT2D eigenvalue weighted by molar-refractivity contribution is -0.136. The normalized spacial score (nSPS) is 9.95. The number of nitrogens with zero attached hydrogens (tertiary/aromatic N) is 4. The van der Waals surface area contributed by atoms with Crippen LogP contribution in [0, 0.1) is 0 Å². The van der Waals surface area contributed by atoms with E-state index in [0.717, 1.165) is 5.56 Å². The van der Waals surface area contributed by atoms with Crippen LogP contribution >= 0.6 is 0 Å². The third-order valence-electron chi connectivity index (χ3n) is 2.52. The van der Waals surface area contributed by atoms with E-state index in [9.17, 15) is 9.59 Å². The number of aryl methyl sites for hydroxylation is 1. The first-order valence-corrected chi connectivity index (χ1v) is 6.14. The molecular weight excluding hydrogens is 272 g/mol.